The highest BCUT2D eigenvalue weighted by molar-refractivity contribution is 5.74. The van der Waals surface area contributed by atoms with Crippen LogP contribution in [0.5, 0.6) is 11.5 Å². The van der Waals surface area contributed by atoms with E-state index < -0.39 is 5.82 Å². The standard InChI is InChI=1S/C19H14FN3O/c1-22-17-3-2-10-23-19(17)14-5-7-15(8-6-14)24-18-9-4-13(12-21)11-16(18)20/h2-11,22H,1H3. The van der Waals surface area contributed by atoms with Crippen LogP contribution in [0.2, 0.25) is 0 Å². The van der Waals surface area contributed by atoms with Crippen LogP contribution in [0.25, 0.3) is 11.3 Å². The van der Waals surface area contributed by atoms with Crippen molar-refractivity contribution in [2.75, 3.05) is 12.4 Å². The largest absolute Gasteiger partial charge is 0.454 e. The van der Waals surface area contributed by atoms with Crippen molar-refractivity contribution in [3.05, 3.63) is 72.2 Å². The van der Waals surface area contributed by atoms with Crippen LogP contribution in [0.4, 0.5) is 10.1 Å². The molecular formula is C19H14FN3O. The molecule has 1 aromatic heterocycles. The highest BCUT2D eigenvalue weighted by Crippen LogP contribution is 2.29. The molecule has 0 spiro atoms. The van der Waals surface area contributed by atoms with Gasteiger partial charge < -0.3 is 10.1 Å². The molecule has 2 aromatic carbocycles. The Morgan fingerprint density at radius 1 is 1.12 bits per heavy atom. The summed E-state index contributed by atoms with van der Waals surface area (Å²) < 4.78 is 19.4. The van der Waals surface area contributed by atoms with Gasteiger partial charge in [0.25, 0.3) is 0 Å². The quantitative estimate of drug-likeness (QED) is 0.764. The molecule has 0 aliphatic carbocycles. The minimum absolute atomic E-state index is 0.0792. The fraction of sp³-hybridized carbons (Fsp3) is 0.0526. The number of ether oxygens (including phenoxy) is 1. The summed E-state index contributed by atoms with van der Waals surface area (Å²) in [5.74, 6) is 0.0140. The normalized spacial score (nSPS) is 10.0. The molecule has 0 atom stereocenters. The molecule has 0 saturated heterocycles. The van der Waals surface area contributed by atoms with Gasteiger partial charge in [-0.15, -0.1) is 0 Å². The maximum Gasteiger partial charge on any atom is 0.167 e. The third-order valence-electron chi connectivity index (χ3n) is 3.49. The van der Waals surface area contributed by atoms with Gasteiger partial charge in [0.15, 0.2) is 11.6 Å². The second-order valence-corrected chi connectivity index (χ2v) is 5.03. The lowest BCUT2D eigenvalue weighted by Gasteiger charge is -2.10. The smallest absolute Gasteiger partial charge is 0.167 e. The Hall–Kier alpha value is -3.39. The zero-order valence-corrected chi connectivity index (χ0v) is 13.0. The number of nitrogens with zero attached hydrogens (tertiary/aromatic N) is 2. The molecule has 0 radical (unpaired) electrons. The predicted molar refractivity (Wildman–Crippen MR) is 90.4 cm³/mol. The minimum atomic E-state index is -0.569. The second-order valence-electron chi connectivity index (χ2n) is 5.03. The Morgan fingerprint density at radius 3 is 2.58 bits per heavy atom. The van der Waals surface area contributed by atoms with Crippen molar-refractivity contribution in [1.82, 2.24) is 4.98 Å². The molecule has 0 fully saturated rings. The van der Waals surface area contributed by atoms with Gasteiger partial charge in [-0.05, 0) is 54.6 Å². The SMILES string of the molecule is CNc1cccnc1-c1ccc(Oc2ccc(C#N)cc2F)cc1. The minimum Gasteiger partial charge on any atom is -0.454 e. The van der Waals surface area contributed by atoms with Crippen LogP contribution in [0.1, 0.15) is 5.56 Å². The fourth-order valence-electron chi connectivity index (χ4n) is 2.30. The topological polar surface area (TPSA) is 57.9 Å². The Kier molecular flexibility index (Phi) is 4.39. The van der Waals surface area contributed by atoms with Crippen molar-refractivity contribution in [2.24, 2.45) is 0 Å². The van der Waals surface area contributed by atoms with Crippen LogP contribution in [0.15, 0.2) is 60.8 Å². The number of aromatic nitrogens is 1. The third kappa shape index (κ3) is 3.18. The number of hydrogen-bond acceptors (Lipinski definition) is 4. The molecule has 1 heterocycles. The summed E-state index contributed by atoms with van der Waals surface area (Å²) in [6.45, 7) is 0. The van der Waals surface area contributed by atoms with Gasteiger partial charge in [0.05, 0.1) is 23.0 Å². The van der Waals surface area contributed by atoms with E-state index in [1.54, 1.807) is 18.3 Å². The average molecular weight is 319 g/mol. The number of nitriles is 1. The predicted octanol–water partition coefficient (Wildman–Crippen LogP) is 4.59. The van der Waals surface area contributed by atoms with Crippen molar-refractivity contribution in [3.63, 3.8) is 0 Å². The molecule has 3 rings (SSSR count). The van der Waals surface area contributed by atoms with Gasteiger partial charge >= 0.3 is 0 Å². The van der Waals surface area contributed by atoms with Crippen molar-refractivity contribution in [2.45, 2.75) is 0 Å². The van der Waals surface area contributed by atoms with Gasteiger partial charge in [0.2, 0.25) is 0 Å². The first-order valence-corrected chi connectivity index (χ1v) is 7.32. The molecule has 0 aliphatic rings. The zero-order valence-electron chi connectivity index (χ0n) is 13.0. The lowest BCUT2D eigenvalue weighted by Crippen LogP contribution is -1.94. The maximum absolute atomic E-state index is 13.9. The Morgan fingerprint density at radius 2 is 1.92 bits per heavy atom. The Balaban J connectivity index is 1.84. The number of halogens is 1. The molecule has 3 aromatic rings. The maximum atomic E-state index is 13.9. The lowest BCUT2D eigenvalue weighted by atomic mass is 10.1. The van der Waals surface area contributed by atoms with E-state index in [9.17, 15) is 4.39 Å². The van der Waals surface area contributed by atoms with Gasteiger partial charge in [-0.3, -0.25) is 4.98 Å². The molecule has 24 heavy (non-hydrogen) atoms. The summed E-state index contributed by atoms with van der Waals surface area (Å²) in [7, 11) is 1.84. The van der Waals surface area contributed by atoms with E-state index in [2.05, 4.69) is 10.3 Å². The lowest BCUT2D eigenvalue weighted by molar-refractivity contribution is 0.442. The summed E-state index contributed by atoms with van der Waals surface area (Å²) >= 11 is 0. The molecule has 4 nitrogen and oxygen atoms in total. The van der Waals surface area contributed by atoms with Crippen LogP contribution in [0, 0.1) is 17.1 Å². The number of anilines is 1. The first kappa shape index (κ1) is 15.5. The Bertz CT molecular complexity index is 901. The van der Waals surface area contributed by atoms with Crippen LogP contribution < -0.4 is 10.1 Å². The van der Waals surface area contributed by atoms with Crippen LogP contribution in [-0.2, 0) is 0 Å². The van der Waals surface area contributed by atoms with Crippen molar-refractivity contribution < 1.29 is 9.13 Å². The van der Waals surface area contributed by atoms with E-state index >= 15 is 0 Å². The van der Waals surface area contributed by atoms with E-state index in [0.29, 0.717) is 5.75 Å². The molecule has 1 N–H and O–H groups in total. The number of benzene rings is 2. The van der Waals surface area contributed by atoms with Crippen molar-refractivity contribution >= 4 is 5.69 Å². The van der Waals surface area contributed by atoms with E-state index in [1.807, 2.05) is 37.4 Å². The van der Waals surface area contributed by atoms with Crippen LogP contribution in [0.3, 0.4) is 0 Å². The monoisotopic (exact) mass is 319 g/mol. The van der Waals surface area contributed by atoms with Gasteiger partial charge in [-0.2, -0.15) is 5.26 Å². The number of nitrogens with one attached hydrogen (secondary N) is 1. The first-order valence-electron chi connectivity index (χ1n) is 7.32. The average Bonchev–Trinajstić information content (AvgIpc) is 2.64. The van der Waals surface area contributed by atoms with Gasteiger partial charge in [0, 0.05) is 18.8 Å². The van der Waals surface area contributed by atoms with Crippen molar-refractivity contribution in [1.29, 1.82) is 5.26 Å². The van der Waals surface area contributed by atoms with E-state index in [4.69, 9.17) is 10.00 Å². The Labute approximate surface area is 139 Å². The summed E-state index contributed by atoms with van der Waals surface area (Å²) in [4.78, 5) is 4.37. The number of rotatable bonds is 4. The first-order chi connectivity index (χ1) is 11.7. The van der Waals surface area contributed by atoms with E-state index in [0.717, 1.165) is 23.0 Å². The zero-order chi connectivity index (χ0) is 16.9. The van der Waals surface area contributed by atoms with Gasteiger partial charge in [-0.1, -0.05) is 0 Å². The third-order valence-corrected chi connectivity index (χ3v) is 3.49. The highest BCUT2D eigenvalue weighted by Gasteiger charge is 2.08. The second kappa shape index (κ2) is 6.80. The summed E-state index contributed by atoms with van der Waals surface area (Å²) in [5.41, 5.74) is 2.93. The summed E-state index contributed by atoms with van der Waals surface area (Å²) in [5, 5.41) is 11.9. The van der Waals surface area contributed by atoms with Crippen LogP contribution in [-0.4, -0.2) is 12.0 Å². The van der Waals surface area contributed by atoms with E-state index in [-0.39, 0.29) is 11.3 Å². The van der Waals surface area contributed by atoms with Gasteiger partial charge in [-0.25, -0.2) is 4.39 Å². The summed E-state index contributed by atoms with van der Waals surface area (Å²) in [6.07, 6.45) is 1.73. The molecular weight excluding hydrogens is 305 g/mol. The fourth-order valence-corrected chi connectivity index (χ4v) is 2.30. The molecule has 118 valence electrons. The van der Waals surface area contributed by atoms with Gasteiger partial charge in [0.1, 0.15) is 5.75 Å². The molecule has 0 bridgehead atoms. The van der Waals surface area contributed by atoms with E-state index in [1.165, 1.54) is 12.1 Å². The molecule has 0 aliphatic heterocycles. The molecule has 0 unspecified atom stereocenters. The number of pyridine rings is 1. The van der Waals surface area contributed by atoms with Crippen LogP contribution >= 0.6 is 0 Å². The summed E-state index contributed by atoms with van der Waals surface area (Å²) in [6, 6.07) is 17.0. The molecule has 0 saturated carbocycles. The van der Waals surface area contributed by atoms with Crippen molar-refractivity contribution in [3.8, 4) is 28.8 Å². The highest BCUT2D eigenvalue weighted by atomic mass is 19.1. The number of hydrogen-bond donors (Lipinski definition) is 1. The molecule has 0 amide bonds. The molecule has 5 heteroatoms.